The van der Waals surface area contributed by atoms with Crippen molar-refractivity contribution in [2.45, 2.75) is 0 Å². The fraction of sp³-hybridized carbons (Fsp3) is 0.0500. The lowest BCUT2D eigenvalue weighted by atomic mass is 10.1. The summed E-state index contributed by atoms with van der Waals surface area (Å²) in [6.07, 6.45) is 2.88. The van der Waals surface area contributed by atoms with Gasteiger partial charge in [0.05, 0.1) is 24.5 Å². The van der Waals surface area contributed by atoms with Gasteiger partial charge in [-0.05, 0) is 36.4 Å². The molecular formula is C20H15N3O3. The van der Waals surface area contributed by atoms with Crippen molar-refractivity contribution >= 4 is 22.5 Å². The smallest absolute Gasteiger partial charge is 0.278 e. The Labute approximate surface area is 149 Å². The van der Waals surface area contributed by atoms with E-state index in [9.17, 15) is 4.79 Å². The maximum absolute atomic E-state index is 12.6. The van der Waals surface area contributed by atoms with E-state index in [1.54, 1.807) is 25.4 Å². The van der Waals surface area contributed by atoms with E-state index in [1.165, 1.54) is 6.39 Å². The number of ether oxygens (including phenoxy) is 1. The molecule has 26 heavy (non-hydrogen) atoms. The summed E-state index contributed by atoms with van der Waals surface area (Å²) < 4.78 is 10.6. The molecule has 2 heterocycles. The van der Waals surface area contributed by atoms with Crippen LogP contribution >= 0.6 is 0 Å². The van der Waals surface area contributed by atoms with E-state index in [0.717, 1.165) is 22.2 Å². The molecule has 0 spiro atoms. The number of benzene rings is 2. The minimum atomic E-state index is -0.360. The zero-order valence-electron chi connectivity index (χ0n) is 14.0. The van der Waals surface area contributed by atoms with Crippen LogP contribution in [0.3, 0.4) is 0 Å². The second kappa shape index (κ2) is 6.68. The van der Waals surface area contributed by atoms with Crippen molar-refractivity contribution in [2.24, 2.45) is 0 Å². The van der Waals surface area contributed by atoms with Crippen molar-refractivity contribution in [3.05, 3.63) is 72.9 Å². The zero-order chi connectivity index (χ0) is 17.9. The normalized spacial score (nSPS) is 10.7. The number of carbonyl (C=O) groups is 1. The molecule has 0 atom stereocenters. The maximum Gasteiger partial charge on any atom is 0.278 e. The monoisotopic (exact) mass is 345 g/mol. The molecule has 0 saturated carbocycles. The van der Waals surface area contributed by atoms with E-state index in [4.69, 9.17) is 9.15 Å². The number of aromatic nitrogens is 2. The van der Waals surface area contributed by atoms with Gasteiger partial charge in [-0.3, -0.25) is 9.78 Å². The Morgan fingerprint density at radius 3 is 2.69 bits per heavy atom. The second-order valence-corrected chi connectivity index (χ2v) is 5.63. The molecule has 6 nitrogen and oxygen atoms in total. The summed E-state index contributed by atoms with van der Waals surface area (Å²) in [5, 5.41) is 3.77. The van der Waals surface area contributed by atoms with Crippen molar-refractivity contribution in [3.8, 4) is 17.1 Å². The summed E-state index contributed by atoms with van der Waals surface area (Å²) in [5.41, 5.74) is 2.41. The van der Waals surface area contributed by atoms with Crippen LogP contribution in [0.4, 0.5) is 5.69 Å². The van der Waals surface area contributed by atoms with E-state index >= 15 is 0 Å². The Morgan fingerprint density at radius 2 is 1.88 bits per heavy atom. The molecule has 0 unspecified atom stereocenters. The van der Waals surface area contributed by atoms with Gasteiger partial charge in [-0.15, -0.1) is 0 Å². The minimum Gasteiger partial charge on any atom is -0.497 e. The molecular weight excluding hydrogens is 330 g/mol. The lowest BCUT2D eigenvalue weighted by Gasteiger charge is -2.06. The first-order chi connectivity index (χ1) is 12.7. The number of carbonyl (C=O) groups excluding carboxylic acids is 1. The van der Waals surface area contributed by atoms with Gasteiger partial charge in [0.2, 0.25) is 0 Å². The van der Waals surface area contributed by atoms with E-state index in [0.29, 0.717) is 11.4 Å². The predicted molar refractivity (Wildman–Crippen MR) is 98.2 cm³/mol. The largest absolute Gasteiger partial charge is 0.497 e. The first kappa shape index (κ1) is 15.8. The number of para-hydroxylation sites is 1. The van der Waals surface area contributed by atoms with Gasteiger partial charge in [-0.2, -0.15) is 0 Å². The summed E-state index contributed by atoms with van der Waals surface area (Å²) in [7, 11) is 1.60. The van der Waals surface area contributed by atoms with Gasteiger partial charge < -0.3 is 14.5 Å². The van der Waals surface area contributed by atoms with Crippen LogP contribution in [-0.4, -0.2) is 23.0 Å². The van der Waals surface area contributed by atoms with E-state index in [1.807, 2.05) is 42.5 Å². The number of pyridine rings is 1. The molecule has 0 fully saturated rings. The lowest BCUT2D eigenvalue weighted by molar-refractivity contribution is 0.102. The molecule has 128 valence electrons. The van der Waals surface area contributed by atoms with Gasteiger partial charge in [0.1, 0.15) is 5.75 Å². The average molecular weight is 345 g/mol. The molecule has 0 aliphatic carbocycles. The van der Waals surface area contributed by atoms with Crippen LogP contribution in [-0.2, 0) is 0 Å². The van der Waals surface area contributed by atoms with Crippen LogP contribution in [0, 0.1) is 0 Å². The quantitative estimate of drug-likeness (QED) is 0.601. The number of fused-ring (bicyclic) bond motifs is 1. The highest BCUT2D eigenvalue weighted by Crippen LogP contribution is 2.26. The first-order valence-corrected chi connectivity index (χ1v) is 7.98. The highest BCUT2D eigenvalue weighted by molar-refractivity contribution is 6.06. The third-order valence-corrected chi connectivity index (χ3v) is 3.98. The number of hydrogen-bond donors (Lipinski definition) is 1. The predicted octanol–water partition coefficient (Wildman–Crippen LogP) is 4.15. The molecule has 0 radical (unpaired) electrons. The molecule has 0 bridgehead atoms. The number of methoxy groups -OCH3 is 1. The van der Waals surface area contributed by atoms with Gasteiger partial charge >= 0.3 is 0 Å². The number of oxazole rings is 1. The van der Waals surface area contributed by atoms with Gasteiger partial charge in [0.15, 0.2) is 17.8 Å². The molecule has 0 aliphatic heterocycles. The van der Waals surface area contributed by atoms with Crippen LogP contribution in [0.2, 0.25) is 0 Å². The SMILES string of the molecule is COc1ccc(-c2ocnc2C(=O)Nc2cnc3ccccc3c2)cc1. The Bertz CT molecular complexity index is 1070. The zero-order valence-corrected chi connectivity index (χ0v) is 14.0. The molecule has 4 rings (SSSR count). The Hall–Kier alpha value is -3.67. The molecule has 4 aromatic rings. The molecule has 1 N–H and O–H groups in total. The number of amides is 1. The van der Waals surface area contributed by atoms with Crippen molar-refractivity contribution in [3.63, 3.8) is 0 Å². The average Bonchev–Trinajstić information content (AvgIpc) is 3.18. The lowest BCUT2D eigenvalue weighted by Crippen LogP contribution is -2.13. The van der Waals surface area contributed by atoms with Gasteiger partial charge in [0, 0.05) is 10.9 Å². The second-order valence-electron chi connectivity index (χ2n) is 5.63. The highest BCUT2D eigenvalue weighted by Gasteiger charge is 2.18. The van der Waals surface area contributed by atoms with Crippen molar-refractivity contribution in [1.29, 1.82) is 0 Å². The summed E-state index contributed by atoms with van der Waals surface area (Å²) >= 11 is 0. The number of hydrogen-bond acceptors (Lipinski definition) is 5. The summed E-state index contributed by atoms with van der Waals surface area (Å²) in [6, 6.07) is 16.8. The Kier molecular flexibility index (Phi) is 4.07. The van der Waals surface area contributed by atoms with E-state index in [2.05, 4.69) is 15.3 Å². The Balaban J connectivity index is 1.61. The standard InChI is InChI=1S/C20H15N3O3/c1-25-16-8-6-13(7-9-16)19-18(22-12-26-19)20(24)23-15-10-14-4-2-3-5-17(14)21-11-15/h2-12H,1H3,(H,23,24). The molecule has 0 saturated heterocycles. The van der Waals surface area contributed by atoms with Crippen LogP contribution in [0.1, 0.15) is 10.5 Å². The van der Waals surface area contributed by atoms with E-state index in [-0.39, 0.29) is 11.6 Å². The molecule has 2 aromatic carbocycles. The fourth-order valence-corrected chi connectivity index (χ4v) is 2.68. The fourth-order valence-electron chi connectivity index (χ4n) is 2.68. The molecule has 6 heteroatoms. The van der Waals surface area contributed by atoms with Crippen LogP contribution in [0.15, 0.2) is 71.6 Å². The topological polar surface area (TPSA) is 77.2 Å². The third-order valence-electron chi connectivity index (χ3n) is 3.98. The Morgan fingerprint density at radius 1 is 1.08 bits per heavy atom. The molecule has 1 amide bonds. The molecule has 0 aliphatic rings. The number of anilines is 1. The van der Waals surface area contributed by atoms with Crippen LogP contribution in [0.5, 0.6) is 5.75 Å². The van der Waals surface area contributed by atoms with Crippen LogP contribution < -0.4 is 10.1 Å². The van der Waals surface area contributed by atoms with E-state index < -0.39 is 0 Å². The summed E-state index contributed by atoms with van der Waals surface area (Å²) in [4.78, 5) is 21.0. The summed E-state index contributed by atoms with van der Waals surface area (Å²) in [6.45, 7) is 0. The van der Waals surface area contributed by atoms with Crippen molar-refractivity contribution in [2.75, 3.05) is 12.4 Å². The maximum atomic E-state index is 12.6. The van der Waals surface area contributed by atoms with Gasteiger partial charge in [-0.1, -0.05) is 18.2 Å². The molecule has 2 aromatic heterocycles. The van der Waals surface area contributed by atoms with Crippen molar-refractivity contribution < 1.29 is 13.9 Å². The van der Waals surface area contributed by atoms with Crippen molar-refractivity contribution in [1.82, 2.24) is 9.97 Å². The summed E-state index contributed by atoms with van der Waals surface area (Å²) in [5.74, 6) is 0.766. The number of rotatable bonds is 4. The van der Waals surface area contributed by atoms with Crippen LogP contribution in [0.25, 0.3) is 22.2 Å². The third kappa shape index (κ3) is 3.00. The minimum absolute atomic E-state index is 0.211. The number of nitrogens with one attached hydrogen (secondary N) is 1. The number of nitrogens with zero attached hydrogens (tertiary/aromatic N) is 2. The van der Waals surface area contributed by atoms with Gasteiger partial charge in [0.25, 0.3) is 5.91 Å². The highest BCUT2D eigenvalue weighted by atomic mass is 16.5. The first-order valence-electron chi connectivity index (χ1n) is 7.98. The van der Waals surface area contributed by atoms with Gasteiger partial charge in [-0.25, -0.2) is 4.98 Å².